The topological polar surface area (TPSA) is 112 Å². The Balaban J connectivity index is 2.46. The average molecular weight is 293 g/mol. The van der Waals surface area contributed by atoms with Gasteiger partial charge in [-0.15, -0.1) is 0 Å². The molecule has 0 fully saturated rings. The third-order valence-electron chi connectivity index (χ3n) is 2.87. The van der Waals surface area contributed by atoms with Crippen LogP contribution in [0, 0.1) is 21.8 Å². The molecule has 20 heavy (non-hydrogen) atoms. The maximum atomic E-state index is 11.8. The maximum Gasteiger partial charge on any atom is 0.310 e. The van der Waals surface area contributed by atoms with Crippen LogP contribution in [0.25, 0.3) is 0 Å². The molecule has 0 aliphatic carbocycles. The number of nitrogens with zero attached hydrogens (tertiary/aromatic N) is 1. The summed E-state index contributed by atoms with van der Waals surface area (Å²) in [6.07, 6.45) is 0.203. The van der Waals surface area contributed by atoms with Gasteiger partial charge in [-0.25, -0.2) is 0 Å². The summed E-state index contributed by atoms with van der Waals surface area (Å²) in [4.78, 5) is 27.2. The van der Waals surface area contributed by atoms with Crippen LogP contribution in [0.15, 0.2) is 23.0 Å². The minimum atomic E-state index is -0.672. The van der Waals surface area contributed by atoms with Crippen LogP contribution in [0.5, 0.6) is 5.75 Å². The Kier molecular flexibility index (Phi) is 3.66. The van der Waals surface area contributed by atoms with Gasteiger partial charge in [0.2, 0.25) is 0 Å². The molecule has 2 aromatic rings. The molecule has 0 aliphatic rings. The van der Waals surface area contributed by atoms with Crippen molar-refractivity contribution in [1.29, 1.82) is 0 Å². The van der Waals surface area contributed by atoms with E-state index >= 15 is 0 Å². The molecular formula is C12H11N3O4S. The molecule has 104 valence electrons. The van der Waals surface area contributed by atoms with Crippen LogP contribution >= 0.6 is 12.2 Å². The Hall–Kier alpha value is -2.48. The Morgan fingerprint density at radius 2 is 2.10 bits per heavy atom. The van der Waals surface area contributed by atoms with Crippen molar-refractivity contribution < 1.29 is 10.0 Å². The number of hydrogen-bond acceptors (Lipinski definition) is 5. The molecule has 1 heterocycles. The molecular weight excluding hydrogens is 282 g/mol. The maximum absolute atomic E-state index is 11.8. The molecule has 0 saturated heterocycles. The fourth-order valence-corrected chi connectivity index (χ4v) is 2.11. The van der Waals surface area contributed by atoms with Gasteiger partial charge in [-0.1, -0.05) is 6.07 Å². The first-order valence-electron chi connectivity index (χ1n) is 5.67. The SMILES string of the molecule is Cc1[nH]c(=S)[nH]c(=O)c1Cc1ccc(O)c([N+](=O)[O-])c1. The van der Waals surface area contributed by atoms with Crippen LogP contribution < -0.4 is 5.56 Å². The zero-order chi connectivity index (χ0) is 14.9. The molecule has 0 saturated carbocycles. The standard InChI is InChI=1S/C12H11N3O4S/c1-6-8(11(17)14-12(20)13-6)4-7-2-3-10(16)9(5-7)15(18)19/h2-3,5,16H,4H2,1H3,(H2,13,14,17,20). The lowest BCUT2D eigenvalue weighted by Gasteiger charge is -2.05. The predicted molar refractivity (Wildman–Crippen MR) is 74.6 cm³/mol. The number of nitrogens with one attached hydrogen (secondary N) is 2. The molecule has 2 rings (SSSR count). The van der Waals surface area contributed by atoms with Gasteiger partial charge in [-0.05, 0) is 30.8 Å². The molecule has 0 spiro atoms. The molecule has 0 amide bonds. The number of benzene rings is 1. The Bertz CT molecular complexity index is 794. The summed E-state index contributed by atoms with van der Waals surface area (Å²) in [5.41, 5.74) is 0.879. The summed E-state index contributed by atoms with van der Waals surface area (Å²) in [7, 11) is 0. The second-order valence-electron chi connectivity index (χ2n) is 4.27. The first-order chi connectivity index (χ1) is 9.38. The third-order valence-corrected chi connectivity index (χ3v) is 3.08. The molecule has 0 aliphatic heterocycles. The highest BCUT2D eigenvalue weighted by Crippen LogP contribution is 2.27. The number of hydrogen-bond donors (Lipinski definition) is 3. The normalized spacial score (nSPS) is 10.4. The van der Waals surface area contributed by atoms with Crippen LogP contribution in [0.3, 0.4) is 0 Å². The number of nitro groups is 1. The van der Waals surface area contributed by atoms with Crippen LogP contribution in [-0.2, 0) is 6.42 Å². The molecule has 0 bridgehead atoms. The van der Waals surface area contributed by atoms with Crippen molar-refractivity contribution in [1.82, 2.24) is 9.97 Å². The Morgan fingerprint density at radius 1 is 1.40 bits per heavy atom. The van der Waals surface area contributed by atoms with E-state index in [-0.39, 0.29) is 22.4 Å². The first-order valence-corrected chi connectivity index (χ1v) is 6.07. The van der Waals surface area contributed by atoms with E-state index in [1.165, 1.54) is 18.2 Å². The van der Waals surface area contributed by atoms with Crippen LogP contribution in [0.1, 0.15) is 16.8 Å². The molecule has 1 aromatic heterocycles. The van der Waals surface area contributed by atoms with Crippen LogP contribution in [-0.4, -0.2) is 20.0 Å². The highest BCUT2D eigenvalue weighted by molar-refractivity contribution is 7.71. The molecule has 0 unspecified atom stereocenters. The molecule has 7 nitrogen and oxygen atoms in total. The number of nitro benzene ring substituents is 1. The van der Waals surface area contributed by atoms with E-state index in [0.717, 1.165) is 0 Å². The van der Waals surface area contributed by atoms with Gasteiger partial charge in [0.05, 0.1) is 4.92 Å². The summed E-state index contributed by atoms with van der Waals surface area (Å²) in [6.45, 7) is 1.70. The number of H-pyrrole nitrogens is 2. The van der Waals surface area contributed by atoms with Gasteiger partial charge < -0.3 is 10.1 Å². The van der Waals surface area contributed by atoms with Crippen molar-refractivity contribution in [2.24, 2.45) is 0 Å². The second-order valence-corrected chi connectivity index (χ2v) is 4.68. The summed E-state index contributed by atoms with van der Waals surface area (Å²) in [5.74, 6) is -0.406. The Labute approximate surface area is 118 Å². The van der Waals surface area contributed by atoms with Crippen LogP contribution in [0.4, 0.5) is 5.69 Å². The van der Waals surface area contributed by atoms with Crippen molar-refractivity contribution in [3.63, 3.8) is 0 Å². The summed E-state index contributed by atoms with van der Waals surface area (Å²) in [6, 6.07) is 4.01. The highest BCUT2D eigenvalue weighted by atomic mass is 32.1. The fourth-order valence-electron chi connectivity index (χ4n) is 1.87. The lowest BCUT2D eigenvalue weighted by molar-refractivity contribution is -0.385. The van der Waals surface area contributed by atoms with Gasteiger partial charge in [0.15, 0.2) is 10.5 Å². The van der Waals surface area contributed by atoms with Crippen molar-refractivity contribution in [2.45, 2.75) is 13.3 Å². The van der Waals surface area contributed by atoms with E-state index in [1.54, 1.807) is 6.92 Å². The minimum absolute atomic E-state index is 0.203. The van der Waals surface area contributed by atoms with Gasteiger partial charge in [-0.3, -0.25) is 19.9 Å². The number of aromatic amines is 2. The molecule has 1 aromatic carbocycles. The largest absolute Gasteiger partial charge is 0.502 e. The van der Waals surface area contributed by atoms with Crippen LogP contribution in [0.2, 0.25) is 0 Å². The number of aromatic hydroxyl groups is 1. The van der Waals surface area contributed by atoms with Gasteiger partial charge in [0.1, 0.15) is 0 Å². The zero-order valence-corrected chi connectivity index (χ0v) is 11.3. The number of aryl methyl sites for hydroxylation is 1. The number of aromatic nitrogens is 2. The second kappa shape index (κ2) is 5.25. The monoisotopic (exact) mass is 293 g/mol. The highest BCUT2D eigenvalue weighted by Gasteiger charge is 2.15. The first kappa shape index (κ1) is 13.9. The molecule has 0 radical (unpaired) electrons. The van der Waals surface area contributed by atoms with Gasteiger partial charge >= 0.3 is 5.69 Å². The fraction of sp³-hybridized carbons (Fsp3) is 0.167. The van der Waals surface area contributed by atoms with Crippen molar-refractivity contribution in [3.05, 3.63) is 60.3 Å². The summed E-state index contributed by atoms with van der Waals surface area (Å²) >= 11 is 4.85. The lowest BCUT2D eigenvalue weighted by Crippen LogP contribution is -2.16. The van der Waals surface area contributed by atoms with E-state index < -0.39 is 10.7 Å². The van der Waals surface area contributed by atoms with E-state index in [1.807, 2.05) is 0 Å². The molecule has 3 N–H and O–H groups in total. The zero-order valence-electron chi connectivity index (χ0n) is 10.5. The minimum Gasteiger partial charge on any atom is -0.502 e. The van der Waals surface area contributed by atoms with Crippen molar-refractivity contribution in [3.8, 4) is 5.75 Å². The van der Waals surface area contributed by atoms with E-state index in [2.05, 4.69) is 9.97 Å². The average Bonchev–Trinajstić information content (AvgIpc) is 2.35. The van der Waals surface area contributed by atoms with Crippen molar-refractivity contribution in [2.75, 3.05) is 0 Å². The van der Waals surface area contributed by atoms with Gasteiger partial charge in [0.25, 0.3) is 5.56 Å². The van der Waals surface area contributed by atoms with Gasteiger partial charge in [0, 0.05) is 23.7 Å². The number of rotatable bonds is 3. The summed E-state index contributed by atoms with van der Waals surface area (Å²) in [5, 5.41) is 20.2. The lowest BCUT2D eigenvalue weighted by atomic mass is 10.0. The molecule has 0 atom stereocenters. The number of phenols is 1. The van der Waals surface area contributed by atoms with Gasteiger partial charge in [-0.2, -0.15) is 0 Å². The van der Waals surface area contributed by atoms with E-state index in [4.69, 9.17) is 12.2 Å². The molecule has 8 heteroatoms. The smallest absolute Gasteiger partial charge is 0.310 e. The quantitative estimate of drug-likeness (QED) is 0.455. The number of phenolic OH excluding ortho intramolecular Hbond substituents is 1. The van der Waals surface area contributed by atoms with E-state index in [9.17, 15) is 20.0 Å². The summed E-state index contributed by atoms with van der Waals surface area (Å²) < 4.78 is 0.230. The Morgan fingerprint density at radius 3 is 2.70 bits per heavy atom. The van der Waals surface area contributed by atoms with E-state index in [0.29, 0.717) is 16.8 Å². The predicted octanol–water partition coefficient (Wildman–Crippen LogP) is 1.95. The third kappa shape index (κ3) is 2.75. The van der Waals surface area contributed by atoms with Crippen molar-refractivity contribution >= 4 is 17.9 Å².